The zero-order valence-corrected chi connectivity index (χ0v) is 8.61. The number of nitrogens with one attached hydrogen (secondary N) is 1. The van der Waals surface area contributed by atoms with Gasteiger partial charge in [-0.25, -0.2) is 4.79 Å². The molecule has 0 spiro atoms. The van der Waals surface area contributed by atoms with Crippen molar-refractivity contribution in [2.24, 2.45) is 5.92 Å². The molecular formula is C10H16N2O3. The van der Waals surface area contributed by atoms with Crippen molar-refractivity contribution in [2.45, 2.75) is 31.7 Å². The fourth-order valence-electron chi connectivity index (χ4n) is 2.65. The van der Waals surface area contributed by atoms with E-state index in [-0.39, 0.29) is 18.6 Å². The number of amides is 2. The fourth-order valence-corrected chi connectivity index (χ4v) is 2.65. The molecule has 0 aromatic heterocycles. The third-order valence-corrected chi connectivity index (χ3v) is 3.37. The SMILES string of the molecule is O=C(O)CN1C(=O)NCC1C1CCCC1. The second kappa shape index (κ2) is 4.08. The maximum absolute atomic E-state index is 11.4. The van der Waals surface area contributed by atoms with Crippen molar-refractivity contribution in [3.05, 3.63) is 0 Å². The Morgan fingerprint density at radius 1 is 1.47 bits per heavy atom. The molecule has 1 saturated heterocycles. The zero-order valence-electron chi connectivity index (χ0n) is 8.61. The summed E-state index contributed by atoms with van der Waals surface area (Å²) in [5.74, 6) is -0.446. The summed E-state index contributed by atoms with van der Waals surface area (Å²) in [6, 6.07) is -0.134. The summed E-state index contributed by atoms with van der Waals surface area (Å²) in [7, 11) is 0. The molecule has 1 aliphatic carbocycles. The van der Waals surface area contributed by atoms with Crippen LogP contribution in [0.25, 0.3) is 0 Å². The third-order valence-electron chi connectivity index (χ3n) is 3.37. The van der Waals surface area contributed by atoms with Crippen molar-refractivity contribution >= 4 is 12.0 Å². The average molecular weight is 212 g/mol. The molecule has 2 rings (SSSR count). The number of nitrogens with zero attached hydrogens (tertiary/aromatic N) is 1. The summed E-state index contributed by atoms with van der Waals surface area (Å²) in [5, 5.41) is 11.5. The Morgan fingerprint density at radius 3 is 2.73 bits per heavy atom. The number of hydrogen-bond acceptors (Lipinski definition) is 2. The van der Waals surface area contributed by atoms with Gasteiger partial charge in [0.05, 0.1) is 6.04 Å². The molecule has 1 heterocycles. The summed E-state index contributed by atoms with van der Waals surface area (Å²) in [5.41, 5.74) is 0. The largest absolute Gasteiger partial charge is 0.480 e. The highest BCUT2D eigenvalue weighted by Crippen LogP contribution is 2.31. The zero-order chi connectivity index (χ0) is 10.8. The lowest BCUT2D eigenvalue weighted by Crippen LogP contribution is -2.41. The molecule has 2 fully saturated rings. The summed E-state index contributed by atoms with van der Waals surface area (Å²) < 4.78 is 0. The van der Waals surface area contributed by atoms with Crippen LogP contribution < -0.4 is 5.32 Å². The van der Waals surface area contributed by atoms with Gasteiger partial charge in [-0.05, 0) is 18.8 Å². The van der Waals surface area contributed by atoms with E-state index in [1.54, 1.807) is 0 Å². The Hall–Kier alpha value is -1.26. The second-order valence-electron chi connectivity index (χ2n) is 4.32. The summed E-state index contributed by atoms with van der Waals surface area (Å²) in [4.78, 5) is 23.5. The van der Waals surface area contributed by atoms with E-state index in [2.05, 4.69) is 5.32 Å². The van der Waals surface area contributed by atoms with Crippen LogP contribution in [-0.4, -0.2) is 41.1 Å². The minimum atomic E-state index is -0.935. The Labute approximate surface area is 88.4 Å². The number of carboxylic acid groups (broad SMARTS) is 1. The molecule has 2 amide bonds. The molecule has 2 N–H and O–H groups in total. The summed E-state index contributed by atoms with van der Waals surface area (Å²) in [6.45, 7) is 0.434. The van der Waals surface area contributed by atoms with E-state index in [0.717, 1.165) is 12.8 Å². The van der Waals surface area contributed by atoms with Crippen LogP contribution in [0.4, 0.5) is 4.79 Å². The van der Waals surface area contributed by atoms with Gasteiger partial charge in [0.1, 0.15) is 6.54 Å². The van der Waals surface area contributed by atoms with Crippen LogP contribution in [0.1, 0.15) is 25.7 Å². The Bertz CT molecular complexity index is 274. The normalized spacial score (nSPS) is 27.1. The van der Waals surface area contributed by atoms with Crippen molar-refractivity contribution in [1.82, 2.24) is 10.2 Å². The molecule has 5 nitrogen and oxygen atoms in total. The van der Waals surface area contributed by atoms with Crippen LogP contribution in [0.15, 0.2) is 0 Å². The first-order valence-corrected chi connectivity index (χ1v) is 5.45. The lowest BCUT2D eigenvalue weighted by Gasteiger charge is -2.26. The van der Waals surface area contributed by atoms with E-state index in [4.69, 9.17) is 5.11 Å². The summed E-state index contributed by atoms with van der Waals surface area (Å²) in [6.07, 6.45) is 4.65. The van der Waals surface area contributed by atoms with Gasteiger partial charge in [-0.2, -0.15) is 0 Å². The van der Waals surface area contributed by atoms with Crippen LogP contribution in [-0.2, 0) is 4.79 Å². The van der Waals surface area contributed by atoms with Crippen LogP contribution in [0.2, 0.25) is 0 Å². The molecule has 0 bridgehead atoms. The lowest BCUT2D eigenvalue weighted by atomic mass is 9.98. The maximum Gasteiger partial charge on any atom is 0.323 e. The molecule has 84 valence electrons. The van der Waals surface area contributed by atoms with Gasteiger partial charge >= 0.3 is 12.0 Å². The average Bonchev–Trinajstić information content (AvgIpc) is 2.76. The molecule has 15 heavy (non-hydrogen) atoms. The highest BCUT2D eigenvalue weighted by atomic mass is 16.4. The van der Waals surface area contributed by atoms with Gasteiger partial charge in [0.15, 0.2) is 0 Å². The first-order chi connectivity index (χ1) is 7.18. The quantitative estimate of drug-likeness (QED) is 0.721. The van der Waals surface area contributed by atoms with Crippen molar-refractivity contribution in [3.8, 4) is 0 Å². The smallest absolute Gasteiger partial charge is 0.323 e. The molecule has 1 atom stereocenters. The van der Waals surface area contributed by atoms with Crippen LogP contribution in [0, 0.1) is 5.92 Å². The Balaban J connectivity index is 2.02. The van der Waals surface area contributed by atoms with Gasteiger partial charge in [-0.15, -0.1) is 0 Å². The number of aliphatic carboxylic acids is 1. The second-order valence-corrected chi connectivity index (χ2v) is 4.32. The van der Waals surface area contributed by atoms with Crippen LogP contribution >= 0.6 is 0 Å². The Kier molecular flexibility index (Phi) is 2.79. The number of carbonyl (C=O) groups excluding carboxylic acids is 1. The topological polar surface area (TPSA) is 69.6 Å². The molecule has 5 heteroatoms. The first-order valence-electron chi connectivity index (χ1n) is 5.45. The van der Waals surface area contributed by atoms with E-state index >= 15 is 0 Å². The fraction of sp³-hybridized carbons (Fsp3) is 0.800. The number of hydrogen-bond donors (Lipinski definition) is 2. The number of carboxylic acids is 1. The van der Waals surface area contributed by atoms with Gasteiger partial charge in [0.2, 0.25) is 0 Å². The van der Waals surface area contributed by atoms with Crippen molar-refractivity contribution in [1.29, 1.82) is 0 Å². The lowest BCUT2D eigenvalue weighted by molar-refractivity contribution is -0.138. The molecule has 1 unspecified atom stereocenters. The van der Waals surface area contributed by atoms with E-state index in [1.807, 2.05) is 0 Å². The van der Waals surface area contributed by atoms with E-state index in [9.17, 15) is 9.59 Å². The van der Waals surface area contributed by atoms with Gasteiger partial charge in [-0.1, -0.05) is 12.8 Å². The molecule has 0 aromatic carbocycles. The van der Waals surface area contributed by atoms with Gasteiger partial charge in [-0.3, -0.25) is 4.79 Å². The monoisotopic (exact) mass is 212 g/mol. The van der Waals surface area contributed by atoms with E-state index < -0.39 is 5.97 Å². The minimum absolute atomic E-state index is 0.0936. The van der Waals surface area contributed by atoms with E-state index in [1.165, 1.54) is 17.7 Å². The van der Waals surface area contributed by atoms with Gasteiger partial charge in [0.25, 0.3) is 0 Å². The van der Waals surface area contributed by atoms with Crippen LogP contribution in [0.3, 0.4) is 0 Å². The Morgan fingerprint density at radius 2 is 2.13 bits per heavy atom. The first kappa shape index (κ1) is 10.3. The van der Waals surface area contributed by atoms with Gasteiger partial charge in [0, 0.05) is 6.54 Å². The highest BCUT2D eigenvalue weighted by molar-refractivity contribution is 5.82. The predicted molar refractivity (Wildman–Crippen MR) is 53.5 cm³/mol. The molecular weight excluding hydrogens is 196 g/mol. The maximum atomic E-state index is 11.4. The van der Waals surface area contributed by atoms with Crippen molar-refractivity contribution in [3.63, 3.8) is 0 Å². The van der Waals surface area contributed by atoms with Gasteiger partial charge < -0.3 is 15.3 Å². The van der Waals surface area contributed by atoms with Crippen molar-refractivity contribution < 1.29 is 14.7 Å². The van der Waals surface area contributed by atoms with Crippen molar-refractivity contribution in [2.75, 3.05) is 13.1 Å². The minimum Gasteiger partial charge on any atom is -0.480 e. The molecule has 2 aliphatic rings. The number of carbonyl (C=O) groups is 2. The van der Waals surface area contributed by atoms with E-state index in [0.29, 0.717) is 12.5 Å². The van der Waals surface area contributed by atoms with Crippen LogP contribution in [0.5, 0.6) is 0 Å². The summed E-state index contributed by atoms with van der Waals surface area (Å²) >= 11 is 0. The molecule has 0 aromatic rings. The number of urea groups is 1. The molecule has 0 radical (unpaired) electrons. The molecule has 1 saturated carbocycles. The standard InChI is InChI=1S/C10H16N2O3/c13-9(14)6-12-8(5-11-10(12)15)7-3-1-2-4-7/h7-8H,1-6H2,(H,11,15)(H,13,14). The third kappa shape index (κ3) is 2.06. The predicted octanol–water partition coefficient (Wildman–Crippen LogP) is 0.655. The highest BCUT2D eigenvalue weighted by Gasteiger charge is 2.38. The number of rotatable bonds is 3. The molecule has 1 aliphatic heterocycles.